The summed E-state index contributed by atoms with van der Waals surface area (Å²) in [6.07, 6.45) is 5.52. The predicted octanol–water partition coefficient (Wildman–Crippen LogP) is 4.33. The Balaban J connectivity index is 1.47. The molecule has 0 N–H and O–H groups in total. The van der Waals surface area contributed by atoms with Gasteiger partial charge in [0, 0.05) is 29.8 Å². The number of anilines is 1. The van der Waals surface area contributed by atoms with Gasteiger partial charge in [0.1, 0.15) is 17.5 Å². The minimum absolute atomic E-state index is 0.132. The van der Waals surface area contributed by atoms with Gasteiger partial charge < -0.3 is 14.5 Å². The summed E-state index contributed by atoms with van der Waals surface area (Å²) < 4.78 is 6.85. The molecule has 7 heteroatoms. The number of methoxy groups -OCH3 is 1. The van der Waals surface area contributed by atoms with Gasteiger partial charge in [0.05, 0.1) is 12.8 Å². The number of fused-ring (bicyclic) bond motifs is 1. The molecule has 2 aliphatic rings. The lowest BCUT2D eigenvalue weighted by Crippen LogP contribution is -2.39. The zero-order chi connectivity index (χ0) is 24.6. The van der Waals surface area contributed by atoms with E-state index in [4.69, 9.17) is 4.74 Å². The molecule has 3 aromatic rings. The van der Waals surface area contributed by atoms with E-state index in [2.05, 4.69) is 54.4 Å². The molecule has 0 radical (unpaired) electrons. The quantitative estimate of drug-likeness (QED) is 0.537. The van der Waals surface area contributed by atoms with E-state index >= 15 is 0 Å². The number of nitrogens with zero attached hydrogens (tertiary/aromatic N) is 5. The first-order valence-electron chi connectivity index (χ1n) is 12.2. The summed E-state index contributed by atoms with van der Waals surface area (Å²) in [6, 6.07) is 18.1. The van der Waals surface area contributed by atoms with Crippen molar-refractivity contribution in [2.45, 2.75) is 37.5 Å². The summed E-state index contributed by atoms with van der Waals surface area (Å²) in [5.74, 6) is 0.588. The van der Waals surface area contributed by atoms with Crippen LogP contribution < -0.4 is 9.64 Å². The molecule has 35 heavy (non-hydrogen) atoms. The smallest absolute Gasteiger partial charge is 0.277 e. The highest BCUT2D eigenvalue weighted by Crippen LogP contribution is 2.42. The van der Waals surface area contributed by atoms with Crippen molar-refractivity contribution in [1.29, 1.82) is 5.26 Å². The Bertz CT molecular complexity index is 1260. The fourth-order valence-electron chi connectivity index (χ4n) is 5.80. The lowest BCUT2D eigenvalue weighted by Gasteiger charge is -2.33. The third kappa shape index (κ3) is 4.08. The zero-order valence-corrected chi connectivity index (χ0v) is 20.6. The summed E-state index contributed by atoms with van der Waals surface area (Å²) in [7, 11) is 5.89. The second kappa shape index (κ2) is 9.20. The average Bonchev–Trinajstić information content (AvgIpc) is 3.50. The highest BCUT2D eigenvalue weighted by atomic mass is 16.5. The molecule has 1 fully saturated rings. The number of carbonyl (C=O) groups excluding carboxylic acids is 1. The summed E-state index contributed by atoms with van der Waals surface area (Å²) in [6.45, 7) is 1.56. The van der Waals surface area contributed by atoms with Gasteiger partial charge >= 0.3 is 0 Å². The van der Waals surface area contributed by atoms with Crippen LogP contribution in [0.15, 0.2) is 48.5 Å². The largest absolute Gasteiger partial charge is 0.497 e. The fourth-order valence-corrected chi connectivity index (χ4v) is 5.80. The van der Waals surface area contributed by atoms with E-state index in [1.165, 1.54) is 31.2 Å². The van der Waals surface area contributed by atoms with Gasteiger partial charge in [-0.1, -0.05) is 25.0 Å². The first-order valence-corrected chi connectivity index (χ1v) is 12.2. The molecule has 0 saturated heterocycles. The highest BCUT2D eigenvalue weighted by Gasteiger charge is 2.37. The number of nitriles is 1. The maximum atomic E-state index is 13.7. The van der Waals surface area contributed by atoms with Crippen molar-refractivity contribution in [3.63, 3.8) is 0 Å². The van der Waals surface area contributed by atoms with Gasteiger partial charge in [0.2, 0.25) is 0 Å². The second-order valence-electron chi connectivity index (χ2n) is 9.88. The number of likely N-dealkylation sites (N-methyl/N-ethyl adjacent to an activating group) is 1. The second-order valence-corrected chi connectivity index (χ2v) is 9.88. The summed E-state index contributed by atoms with van der Waals surface area (Å²) in [5.41, 5.74) is 4.64. The van der Waals surface area contributed by atoms with E-state index in [9.17, 15) is 10.1 Å². The van der Waals surface area contributed by atoms with Crippen LogP contribution in [-0.4, -0.2) is 54.9 Å². The molecule has 0 bridgehead atoms. The van der Waals surface area contributed by atoms with Crippen LogP contribution in [0.2, 0.25) is 0 Å². The number of aromatic nitrogens is 2. The van der Waals surface area contributed by atoms with Crippen LogP contribution in [0.3, 0.4) is 0 Å². The third-order valence-corrected chi connectivity index (χ3v) is 7.41. The topological polar surface area (TPSA) is 74.4 Å². The van der Waals surface area contributed by atoms with Gasteiger partial charge in [0.25, 0.3) is 5.91 Å². The first-order chi connectivity index (χ1) is 17.0. The Morgan fingerprint density at radius 3 is 2.31 bits per heavy atom. The normalized spacial score (nSPS) is 16.9. The maximum Gasteiger partial charge on any atom is 0.277 e. The van der Waals surface area contributed by atoms with Crippen LogP contribution >= 0.6 is 0 Å². The average molecular weight is 470 g/mol. The van der Waals surface area contributed by atoms with E-state index in [-0.39, 0.29) is 11.3 Å². The van der Waals surface area contributed by atoms with E-state index in [1.807, 2.05) is 29.2 Å². The Kier molecular flexibility index (Phi) is 6.08. The molecule has 2 heterocycles. The van der Waals surface area contributed by atoms with Crippen LogP contribution in [0.25, 0.3) is 5.69 Å². The van der Waals surface area contributed by atoms with Crippen molar-refractivity contribution in [3.8, 4) is 17.5 Å². The molecule has 1 saturated carbocycles. The standard InChI is InChI=1S/C28H31N5O2/c1-31(2)19-28(15-4-5-16-28)20-6-8-21(9-7-20)32-17-14-24-25(18-29)30-33(26(24)27(32)34)22-10-12-23(35-3)13-11-22/h6-13H,4-5,14-17,19H2,1-3H3. The van der Waals surface area contributed by atoms with E-state index < -0.39 is 0 Å². The molecule has 0 spiro atoms. The van der Waals surface area contributed by atoms with Gasteiger partial charge in [-0.25, -0.2) is 4.68 Å². The van der Waals surface area contributed by atoms with Gasteiger partial charge in [-0.2, -0.15) is 10.4 Å². The van der Waals surface area contributed by atoms with Gasteiger partial charge in [0.15, 0.2) is 5.69 Å². The Hall–Kier alpha value is -3.63. The zero-order valence-electron chi connectivity index (χ0n) is 20.6. The molecular weight excluding hydrogens is 438 g/mol. The van der Waals surface area contributed by atoms with Crippen molar-refractivity contribution in [1.82, 2.24) is 14.7 Å². The van der Waals surface area contributed by atoms with Crippen LogP contribution in [0, 0.1) is 11.3 Å². The first kappa shape index (κ1) is 23.1. The number of carbonyl (C=O) groups is 1. The number of amides is 1. The maximum absolute atomic E-state index is 13.7. The molecule has 0 unspecified atom stereocenters. The Morgan fingerprint density at radius 2 is 1.71 bits per heavy atom. The van der Waals surface area contributed by atoms with Gasteiger partial charge in [-0.05, 0) is 75.3 Å². The van der Waals surface area contributed by atoms with E-state index in [1.54, 1.807) is 11.8 Å². The van der Waals surface area contributed by atoms with Crippen LogP contribution in [-0.2, 0) is 11.8 Å². The summed E-state index contributed by atoms with van der Waals surface area (Å²) >= 11 is 0. The number of hydrogen-bond donors (Lipinski definition) is 0. The molecule has 1 aliphatic carbocycles. The van der Waals surface area contributed by atoms with Crippen LogP contribution in [0.1, 0.15) is 53.0 Å². The monoisotopic (exact) mass is 469 g/mol. The Morgan fingerprint density at radius 1 is 1.06 bits per heavy atom. The highest BCUT2D eigenvalue weighted by molar-refractivity contribution is 6.07. The van der Waals surface area contributed by atoms with Crippen molar-refractivity contribution >= 4 is 11.6 Å². The van der Waals surface area contributed by atoms with Crippen molar-refractivity contribution < 1.29 is 9.53 Å². The molecule has 5 rings (SSSR count). The summed E-state index contributed by atoms with van der Waals surface area (Å²) in [4.78, 5) is 17.8. The number of rotatable bonds is 6. The van der Waals surface area contributed by atoms with E-state index in [0.29, 0.717) is 24.4 Å². The minimum Gasteiger partial charge on any atom is -0.497 e. The van der Waals surface area contributed by atoms with Gasteiger partial charge in [-0.3, -0.25) is 4.79 Å². The van der Waals surface area contributed by atoms with Crippen LogP contribution in [0.4, 0.5) is 5.69 Å². The fraction of sp³-hybridized carbons (Fsp3) is 0.393. The number of hydrogen-bond acceptors (Lipinski definition) is 5. The van der Waals surface area contributed by atoms with E-state index in [0.717, 1.165) is 29.2 Å². The van der Waals surface area contributed by atoms with Crippen LogP contribution in [0.5, 0.6) is 5.75 Å². The minimum atomic E-state index is -0.132. The SMILES string of the molecule is COc1ccc(-n2nc(C#N)c3c2C(=O)N(c2ccc(C4(CN(C)C)CCCC4)cc2)CC3)cc1. The van der Waals surface area contributed by atoms with Gasteiger partial charge in [-0.15, -0.1) is 0 Å². The predicted molar refractivity (Wildman–Crippen MR) is 135 cm³/mol. The van der Waals surface area contributed by atoms with Crippen molar-refractivity contribution in [2.75, 3.05) is 39.2 Å². The van der Waals surface area contributed by atoms with Crippen molar-refractivity contribution in [2.24, 2.45) is 0 Å². The molecule has 0 atom stereocenters. The number of ether oxygens (including phenoxy) is 1. The molecule has 7 nitrogen and oxygen atoms in total. The third-order valence-electron chi connectivity index (χ3n) is 7.41. The molecule has 180 valence electrons. The Labute approximate surface area is 206 Å². The lowest BCUT2D eigenvalue weighted by molar-refractivity contribution is 0.0973. The number of benzene rings is 2. The lowest BCUT2D eigenvalue weighted by atomic mass is 9.78. The summed E-state index contributed by atoms with van der Waals surface area (Å²) in [5, 5.41) is 14.1. The molecule has 1 aromatic heterocycles. The molecule has 1 aliphatic heterocycles. The molecule has 2 aromatic carbocycles. The molecule has 1 amide bonds. The molecular formula is C28H31N5O2. The van der Waals surface area contributed by atoms with Crippen molar-refractivity contribution in [3.05, 3.63) is 71.0 Å².